The average molecular weight is 253 g/mol. The third kappa shape index (κ3) is 5.57. The van der Waals surface area contributed by atoms with Gasteiger partial charge < -0.3 is 10.1 Å². The molecule has 0 fully saturated rings. The molecule has 0 aliphatic heterocycles. The van der Waals surface area contributed by atoms with Gasteiger partial charge in [0, 0.05) is 30.3 Å². The van der Waals surface area contributed by atoms with Gasteiger partial charge in [-0.15, -0.1) is 11.8 Å². The Morgan fingerprint density at radius 1 is 1.35 bits per heavy atom. The number of ether oxygens (including phenoxy) is 1. The number of hydrogen-bond donors (Lipinski definition) is 1. The summed E-state index contributed by atoms with van der Waals surface area (Å²) in [6, 6.07) is 6.70. The van der Waals surface area contributed by atoms with Gasteiger partial charge in [-0.2, -0.15) is 0 Å². The summed E-state index contributed by atoms with van der Waals surface area (Å²) in [6.45, 7) is 9.22. The van der Waals surface area contributed by atoms with Gasteiger partial charge in [0.25, 0.3) is 0 Å². The highest BCUT2D eigenvalue weighted by atomic mass is 32.2. The molecule has 1 aromatic carbocycles. The molecule has 17 heavy (non-hydrogen) atoms. The molecule has 0 aliphatic carbocycles. The van der Waals surface area contributed by atoms with Crippen molar-refractivity contribution >= 4 is 11.8 Å². The van der Waals surface area contributed by atoms with Gasteiger partial charge in [0.15, 0.2) is 0 Å². The fraction of sp³-hybridized carbons (Fsp3) is 0.571. The van der Waals surface area contributed by atoms with Crippen LogP contribution in [0, 0.1) is 6.92 Å². The molecule has 1 aromatic rings. The molecule has 0 saturated heterocycles. The molecule has 0 atom stereocenters. The second-order valence-corrected chi connectivity index (χ2v) is 6.05. The van der Waals surface area contributed by atoms with Crippen LogP contribution in [0.25, 0.3) is 0 Å². The van der Waals surface area contributed by atoms with Gasteiger partial charge in [0.2, 0.25) is 0 Å². The molecule has 0 saturated carbocycles. The van der Waals surface area contributed by atoms with E-state index in [0.29, 0.717) is 5.25 Å². The molecule has 1 rings (SSSR count). The largest absolute Gasteiger partial charge is 0.383 e. The minimum atomic E-state index is 0.638. The fourth-order valence-electron chi connectivity index (χ4n) is 1.61. The van der Waals surface area contributed by atoms with E-state index in [4.69, 9.17) is 4.74 Å². The first-order chi connectivity index (χ1) is 8.13. The summed E-state index contributed by atoms with van der Waals surface area (Å²) in [6.07, 6.45) is 0. The van der Waals surface area contributed by atoms with Crippen molar-refractivity contribution in [3.8, 4) is 0 Å². The van der Waals surface area contributed by atoms with Gasteiger partial charge in [0.05, 0.1) is 6.61 Å². The fourth-order valence-corrected chi connectivity index (χ4v) is 2.51. The lowest BCUT2D eigenvalue weighted by molar-refractivity contribution is 0.199. The normalized spacial score (nSPS) is 11.1. The standard InChI is InChI=1S/C14H23NOS/c1-11(2)17-14-6-5-13(9-12(14)3)10-15-7-8-16-4/h5-6,9,11,15H,7-8,10H2,1-4H3. The van der Waals surface area contributed by atoms with Crippen LogP contribution in [-0.4, -0.2) is 25.5 Å². The molecule has 2 nitrogen and oxygen atoms in total. The molecule has 3 heteroatoms. The smallest absolute Gasteiger partial charge is 0.0587 e. The first-order valence-corrected chi connectivity index (χ1v) is 6.97. The Morgan fingerprint density at radius 3 is 2.71 bits per heavy atom. The second kappa shape index (κ2) is 7.75. The summed E-state index contributed by atoms with van der Waals surface area (Å²) in [7, 11) is 1.73. The maximum absolute atomic E-state index is 5.00. The number of methoxy groups -OCH3 is 1. The highest BCUT2D eigenvalue weighted by Crippen LogP contribution is 2.26. The van der Waals surface area contributed by atoms with Crippen LogP contribution in [0.15, 0.2) is 23.1 Å². The molecule has 0 heterocycles. The summed E-state index contributed by atoms with van der Waals surface area (Å²) >= 11 is 1.93. The Morgan fingerprint density at radius 2 is 2.12 bits per heavy atom. The van der Waals surface area contributed by atoms with Gasteiger partial charge in [0.1, 0.15) is 0 Å². The molecular weight excluding hydrogens is 230 g/mol. The minimum absolute atomic E-state index is 0.638. The second-order valence-electron chi connectivity index (χ2n) is 4.44. The Labute approximate surface area is 109 Å². The summed E-state index contributed by atoms with van der Waals surface area (Å²) in [5.41, 5.74) is 2.71. The van der Waals surface area contributed by atoms with Crippen LogP contribution < -0.4 is 5.32 Å². The van der Waals surface area contributed by atoms with Gasteiger partial charge in [-0.1, -0.05) is 26.0 Å². The van der Waals surface area contributed by atoms with E-state index in [2.05, 4.69) is 44.3 Å². The van der Waals surface area contributed by atoms with Crippen molar-refractivity contribution in [2.75, 3.05) is 20.3 Å². The predicted octanol–water partition coefficient (Wildman–Crippen LogP) is 3.23. The van der Waals surface area contributed by atoms with E-state index < -0.39 is 0 Å². The quantitative estimate of drug-likeness (QED) is 0.595. The molecule has 0 spiro atoms. The number of nitrogens with one attached hydrogen (secondary N) is 1. The number of benzene rings is 1. The van der Waals surface area contributed by atoms with Crippen molar-refractivity contribution in [1.82, 2.24) is 5.32 Å². The van der Waals surface area contributed by atoms with E-state index in [0.717, 1.165) is 19.7 Å². The van der Waals surface area contributed by atoms with Crippen LogP contribution >= 0.6 is 11.8 Å². The zero-order valence-corrected chi connectivity index (χ0v) is 12.1. The van der Waals surface area contributed by atoms with Gasteiger partial charge in [-0.3, -0.25) is 0 Å². The minimum Gasteiger partial charge on any atom is -0.383 e. The van der Waals surface area contributed by atoms with Crippen molar-refractivity contribution in [3.05, 3.63) is 29.3 Å². The van der Waals surface area contributed by atoms with E-state index in [1.54, 1.807) is 7.11 Å². The topological polar surface area (TPSA) is 21.3 Å². The molecule has 0 unspecified atom stereocenters. The molecule has 0 aliphatic rings. The Bertz CT molecular complexity index is 339. The SMILES string of the molecule is COCCNCc1ccc(SC(C)C)c(C)c1. The van der Waals surface area contributed by atoms with Gasteiger partial charge in [-0.05, 0) is 24.1 Å². The highest BCUT2D eigenvalue weighted by molar-refractivity contribution is 8.00. The molecule has 1 N–H and O–H groups in total. The Hall–Kier alpha value is -0.510. The number of hydrogen-bond acceptors (Lipinski definition) is 3. The lowest BCUT2D eigenvalue weighted by atomic mass is 10.1. The van der Waals surface area contributed by atoms with Gasteiger partial charge in [-0.25, -0.2) is 0 Å². The first kappa shape index (κ1) is 14.6. The molecule has 0 bridgehead atoms. The Kier molecular flexibility index (Phi) is 6.63. The number of aryl methyl sites for hydroxylation is 1. The van der Waals surface area contributed by atoms with Crippen molar-refractivity contribution in [2.45, 2.75) is 37.5 Å². The summed E-state index contributed by atoms with van der Waals surface area (Å²) in [5, 5.41) is 4.00. The first-order valence-electron chi connectivity index (χ1n) is 6.09. The summed E-state index contributed by atoms with van der Waals surface area (Å²) in [5.74, 6) is 0. The van der Waals surface area contributed by atoms with E-state index in [9.17, 15) is 0 Å². The number of thioether (sulfide) groups is 1. The average Bonchev–Trinajstić information content (AvgIpc) is 2.27. The maximum atomic E-state index is 5.00. The van der Waals surface area contributed by atoms with Crippen molar-refractivity contribution in [3.63, 3.8) is 0 Å². The van der Waals surface area contributed by atoms with Crippen LogP contribution in [0.2, 0.25) is 0 Å². The van der Waals surface area contributed by atoms with E-state index in [1.807, 2.05) is 11.8 Å². The van der Waals surface area contributed by atoms with E-state index in [1.165, 1.54) is 16.0 Å². The van der Waals surface area contributed by atoms with Crippen molar-refractivity contribution in [1.29, 1.82) is 0 Å². The zero-order valence-electron chi connectivity index (χ0n) is 11.2. The van der Waals surface area contributed by atoms with Crippen LogP contribution in [0.4, 0.5) is 0 Å². The summed E-state index contributed by atoms with van der Waals surface area (Å²) < 4.78 is 5.00. The van der Waals surface area contributed by atoms with Crippen LogP contribution in [-0.2, 0) is 11.3 Å². The number of rotatable bonds is 7. The van der Waals surface area contributed by atoms with Crippen molar-refractivity contribution < 1.29 is 4.74 Å². The van der Waals surface area contributed by atoms with Gasteiger partial charge >= 0.3 is 0 Å². The van der Waals surface area contributed by atoms with Crippen molar-refractivity contribution in [2.24, 2.45) is 0 Å². The molecule has 0 aromatic heterocycles. The van der Waals surface area contributed by atoms with Crippen LogP contribution in [0.3, 0.4) is 0 Å². The predicted molar refractivity (Wildman–Crippen MR) is 75.8 cm³/mol. The van der Waals surface area contributed by atoms with E-state index in [-0.39, 0.29) is 0 Å². The van der Waals surface area contributed by atoms with Crippen LogP contribution in [0.1, 0.15) is 25.0 Å². The molecule has 0 radical (unpaired) electrons. The maximum Gasteiger partial charge on any atom is 0.0587 e. The highest BCUT2D eigenvalue weighted by Gasteiger charge is 2.03. The Balaban J connectivity index is 2.50. The molecule has 0 amide bonds. The molecule has 96 valence electrons. The van der Waals surface area contributed by atoms with Crippen LogP contribution in [0.5, 0.6) is 0 Å². The van der Waals surface area contributed by atoms with E-state index >= 15 is 0 Å². The zero-order chi connectivity index (χ0) is 12.7. The third-order valence-electron chi connectivity index (χ3n) is 2.41. The monoisotopic (exact) mass is 253 g/mol. The lowest BCUT2D eigenvalue weighted by Crippen LogP contribution is -2.18. The molecular formula is C14H23NOS. The third-order valence-corrected chi connectivity index (χ3v) is 3.60. The lowest BCUT2D eigenvalue weighted by Gasteiger charge is -2.11. The summed E-state index contributed by atoms with van der Waals surface area (Å²) in [4.78, 5) is 1.39.